The number of benzene rings is 1. The molecule has 4 unspecified atom stereocenters. The number of pyridine rings is 1. The number of carbonyl (C=O) groups excluding carboxylic acids is 1. The van der Waals surface area contributed by atoms with E-state index in [-0.39, 0.29) is 36.1 Å². The van der Waals surface area contributed by atoms with E-state index in [1.54, 1.807) is 24.4 Å². The summed E-state index contributed by atoms with van der Waals surface area (Å²) in [6.07, 6.45) is 11.5. The highest BCUT2D eigenvalue weighted by Gasteiger charge is 2.43. The fraction of sp³-hybridized carbons (Fsp3) is 0.500. The highest BCUT2D eigenvalue weighted by Crippen LogP contribution is 2.41. The highest BCUT2D eigenvalue weighted by molar-refractivity contribution is 5.79. The number of amides is 1. The smallest absolute Gasteiger partial charge is 0.223 e. The summed E-state index contributed by atoms with van der Waals surface area (Å²) in [5, 5.41) is 14.5. The molecular formula is C28H34FN5O2. The van der Waals surface area contributed by atoms with Crippen LogP contribution in [0.1, 0.15) is 62.1 Å². The number of imidazole rings is 1. The summed E-state index contributed by atoms with van der Waals surface area (Å²) in [6, 6.07) is 11.2. The maximum atomic E-state index is 14.2. The molecule has 3 heterocycles. The van der Waals surface area contributed by atoms with E-state index in [0.717, 1.165) is 37.8 Å². The lowest BCUT2D eigenvalue weighted by Gasteiger charge is -2.39. The van der Waals surface area contributed by atoms with Gasteiger partial charge in [-0.15, -0.1) is 0 Å². The van der Waals surface area contributed by atoms with Crippen LogP contribution in [0.5, 0.6) is 0 Å². The minimum Gasteiger partial charge on any atom is -0.389 e. The molecule has 1 aromatic carbocycles. The molecule has 2 aromatic heterocycles. The van der Waals surface area contributed by atoms with E-state index in [1.165, 1.54) is 11.6 Å². The van der Waals surface area contributed by atoms with Crippen molar-refractivity contribution >= 4 is 11.6 Å². The summed E-state index contributed by atoms with van der Waals surface area (Å²) in [4.78, 5) is 17.7. The molecule has 0 radical (unpaired) electrons. The number of aliphatic hydroxyl groups is 1. The molecule has 6 rings (SSSR count). The first-order valence-corrected chi connectivity index (χ1v) is 13.2. The van der Waals surface area contributed by atoms with Gasteiger partial charge in [0.15, 0.2) is 0 Å². The third kappa shape index (κ3) is 4.65. The maximum Gasteiger partial charge on any atom is 0.223 e. The molecule has 36 heavy (non-hydrogen) atoms. The predicted molar refractivity (Wildman–Crippen MR) is 134 cm³/mol. The zero-order valence-electron chi connectivity index (χ0n) is 20.4. The zero-order valence-corrected chi connectivity index (χ0v) is 20.4. The Morgan fingerprint density at radius 3 is 2.97 bits per heavy atom. The van der Waals surface area contributed by atoms with Gasteiger partial charge in [0.2, 0.25) is 5.91 Å². The van der Waals surface area contributed by atoms with Crippen LogP contribution >= 0.6 is 0 Å². The molecule has 4 N–H and O–H groups in total. The molecule has 1 saturated heterocycles. The van der Waals surface area contributed by atoms with Crippen molar-refractivity contribution < 1.29 is 14.3 Å². The Labute approximate surface area is 210 Å². The average molecular weight is 492 g/mol. The van der Waals surface area contributed by atoms with Gasteiger partial charge in [-0.25, -0.2) is 14.8 Å². The van der Waals surface area contributed by atoms with Crippen molar-refractivity contribution in [2.75, 3.05) is 0 Å². The van der Waals surface area contributed by atoms with E-state index < -0.39 is 5.60 Å². The summed E-state index contributed by atoms with van der Waals surface area (Å²) < 4.78 is 16.2. The summed E-state index contributed by atoms with van der Waals surface area (Å²) >= 11 is 0. The first-order valence-electron chi connectivity index (χ1n) is 13.2. The number of carbonyl (C=O) groups is 1. The number of hydrazine groups is 1. The first kappa shape index (κ1) is 23.6. The lowest BCUT2D eigenvalue weighted by Crippen LogP contribution is -2.49. The Morgan fingerprint density at radius 1 is 1.19 bits per heavy atom. The summed E-state index contributed by atoms with van der Waals surface area (Å²) in [6.45, 7) is 0. The van der Waals surface area contributed by atoms with Crippen molar-refractivity contribution in [1.82, 2.24) is 25.6 Å². The molecule has 0 bridgehead atoms. The minimum atomic E-state index is -0.994. The van der Waals surface area contributed by atoms with E-state index in [0.29, 0.717) is 30.4 Å². The lowest BCUT2D eigenvalue weighted by atomic mass is 9.74. The molecule has 1 aliphatic heterocycles. The number of aromatic nitrogens is 2. The predicted octanol–water partition coefficient (Wildman–Crippen LogP) is 3.44. The maximum absolute atomic E-state index is 14.2. The number of halogens is 1. The topological polar surface area (TPSA) is 90.7 Å². The summed E-state index contributed by atoms with van der Waals surface area (Å²) in [7, 11) is 0. The van der Waals surface area contributed by atoms with Gasteiger partial charge < -0.3 is 14.8 Å². The van der Waals surface area contributed by atoms with Gasteiger partial charge >= 0.3 is 0 Å². The van der Waals surface area contributed by atoms with Crippen molar-refractivity contribution in [2.24, 2.45) is 11.8 Å². The third-order valence-electron chi connectivity index (χ3n) is 8.54. The van der Waals surface area contributed by atoms with Crippen LogP contribution in [0.3, 0.4) is 0 Å². The SMILES string of the molecule is O=C(N[C@@H]1CCC[C@](O)(Cc2ccccc2F)C1)C1CCC2NNC(c3ccc4nccn4c3)C2C1. The van der Waals surface area contributed by atoms with Gasteiger partial charge in [0.25, 0.3) is 0 Å². The van der Waals surface area contributed by atoms with Gasteiger partial charge in [-0.1, -0.05) is 24.3 Å². The molecule has 1 amide bonds. The molecule has 3 aliphatic rings. The standard InChI is InChI=1S/C28H34FN5O2/c29-23-6-2-1-4-19(23)15-28(36)11-3-5-21(16-28)31-27(35)18-7-9-24-22(14-18)26(33-32-24)20-8-10-25-30-12-13-34(25)17-20/h1-2,4,6,8,10,12-13,17-18,21-22,24,26,32-33,36H,3,5,7,9,11,14-16H2,(H,31,35)/t18?,21-,22?,24?,26?,28+/m1/s1. The Morgan fingerprint density at radius 2 is 2.08 bits per heavy atom. The number of hydrogen-bond acceptors (Lipinski definition) is 5. The van der Waals surface area contributed by atoms with Crippen LogP contribution in [0.25, 0.3) is 5.65 Å². The van der Waals surface area contributed by atoms with Crippen molar-refractivity contribution in [3.63, 3.8) is 0 Å². The van der Waals surface area contributed by atoms with Gasteiger partial charge in [-0.2, -0.15) is 0 Å². The van der Waals surface area contributed by atoms with E-state index in [4.69, 9.17) is 0 Å². The van der Waals surface area contributed by atoms with Crippen molar-refractivity contribution in [1.29, 1.82) is 0 Å². The van der Waals surface area contributed by atoms with E-state index in [2.05, 4.69) is 33.4 Å². The molecule has 2 saturated carbocycles. The summed E-state index contributed by atoms with van der Waals surface area (Å²) in [5.74, 6) is 0.0764. The Hall–Kier alpha value is -2.81. The molecule has 3 fully saturated rings. The zero-order chi connectivity index (χ0) is 24.7. The second kappa shape index (κ2) is 9.57. The van der Waals surface area contributed by atoms with Crippen LogP contribution < -0.4 is 16.2 Å². The third-order valence-corrected chi connectivity index (χ3v) is 8.54. The van der Waals surface area contributed by atoms with E-state index >= 15 is 0 Å². The molecular weight excluding hydrogens is 457 g/mol. The van der Waals surface area contributed by atoms with Crippen LogP contribution in [-0.2, 0) is 11.2 Å². The van der Waals surface area contributed by atoms with E-state index in [9.17, 15) is 14.3 Å². The number of hydrogen-bond donors (Lipinski definition) is 4. The monoisotopic (exact) mass is 491 g/mol. The number of rotatable bonds is 5. The Balaban J connectivity index is 1.10. The second-order valence-electron chi connectivity index (χ2n) is 11.0. The van der Waals surface area contributed by atoms with Crippen molar-refractivity contribution in [3.8, 4) is 0 Å². The number of nitrogens with zero attached hydrogens (tertiary/aromatic N) is 2. The fourth-order valence-electron chi connectivity index (χ4n) is 6.69. The molecule has 190 valence electrons. The Kier molecular flexibility index (Phi) is 6.27. The average Bonchev–Trinajstić information content (AvgIpc) is 3.51. The van der Waals surface area contributed by atoms with Crippen LogP contribution in [-0.4, -0.2) is 38.1 Å². The van der Waals surface area contributed by atoms with Gasteiger partial charge in [0.1, 0.15) is 11.5 Å². The van der Waals surface area contributed by atoms with Crippen LogP contribution in [0.2, 0.25) is 0 Å². The lowest BCUT2D eigenvalue weighted by molar-refractivity contribution is -0.128. The number of fused-ring (bicyclic) bond motifs is 2. The highest BCUT2D eigenvalue weighted by atomic mass is 19.1. The van der Waals surface area contributed by atoms with Crippen LogP contribution in [0.15, 0.2) is 55.0 Å². The molecule has 6 atom stereocenters. The largest absolute Gasteiger partial charge is 0.389 e. The van der Waals surface area contributed by atoms with Crippen LogP contribution in [0, 0.1) is 17.7 Å². The van der Waals surface area contributed by atoms with Crippen molar-refractivity contribution in [2.45, 2.75) is 75.1 Å². The van der Waals surface area contributed by atoms with Gasteiger partial charge in [0, 0.05) is 43.0 Å². The molecule has 8 heteroatoms. The molecule has 0 spiro atoms. The molecule has 7 nitrogen and oxygen atoms in total. The number of nitrogens with one attached hydrogen (secondary N) is 3. The minimum absolute atomic E-state index is 0.0472. The summed E-state index contributed by atoms with van der Waals surface area (Å²) in [5.41, 5.74) is 8.58. The van der Waals surface area contributed by atoms with Gasteiger partial charge in [-0.3, -0.25) is 10.2 Å². The van der Waals surface area contributed by atoms with Crippen molar-refractivity contribution in [3.05, 3.63) is 71.9 Å². The molecule has 3 aromatic rings. The van der Waals surface area contributed by atoms with Gasteiger partial charge in [-0.05, 0) is 74.1 Å². The van der Waals surface area contributed by atoms with Gasteiger partial charge in [0.05, 0.1) is 11.6 Å². The first-order chi connectivity index (χ1) is 17.5. The fourth-order valence-corrected chi connectivity index (χ4v) is 6.69. The quantitative estimate of drug-likeness (QED) is 0.439. The Bertz CT molecular complexity index is 1250. The van der Waals surface area contributed by atoms with Crippen LogP contribution in [0.4, 0.5) is 4.39 Å². The normalized spacial score (nSPS) is 32.3. The van der Waals surface area contributed by atoms with E-state index in [1.807, 2.05) is 16.7 Å². The molecule has 2 aliphatic carbocycles. The second-order valence-corrected chi connectivity index (χ2v) is 11.0.